The van der Waals surface area contributed by atoms with Gasteiger partial charge in [0.15, 0.2) is 0 Å². The highest BCUT2D eigenvalue weighted by Gasteiger charge is 2.37. The van der Waals surface area contributed by atoms with Gasteiger partial charge < -0.3 is 9.72 Å². The fourth-order valence-corrected chi connectivity index (χ4v) is 3.62. The van der Waals surface area contributed by atoms with Crippen LogP contribution in [0.2, 0.25) is 5.28 Å². The van der Waals surface area contributed by atoms with Gasteiger partial charge in [-0.3, -0.25) is 4.79 Å². The molecule has 0 unspecified atom stereocenters. The number of aromatic amines is 1. The van der Waals surface area contributed by atoms with Gasteiger partial charge in [-0.15, -0.1) is 0 Å². The van der Waals surface area contributed by atoms with Crippen LogP contribution < -0.4 is 0 Å². The van der Waals surface area contributed by atoms with Gasteiger partial charge in [-0.25, -0.2) is 19.7 Å². The summed E-state index contributed by atoms with van der Waals surface area (Å²) in [5.41, 5.74) is 4.18. The molecule has 136 valence electrons. The van der Waals surface area contributed by atoms with Gasteiger partial charge in [0.25, 0.3) is 5.91 Å². The molecule has 4 rings (SSSR count). The predicted octanol–water partition coefficient (Wildman–Crippen LogP) is 3.16. The molecule has 7 nitrogen and oxygen atoms in total. The summed E-state index contributed by atoms with van der Waals surface area (Å²) in [5, 5.41) is 0.172. The Morgan fingerprint density at radius 3 is 2.81 bits per heavy atom. The van der Waals surface area contributed by atoms with Gasteiger partial charge >= 0.3 is 6.09 Å². The molecular formula is C18H19ClN4O3. The Hall–Kier alpha value is -2.41. The zero-order chi connectivity index (χ0) is 18.6. The van der Waals surface area contributed by atoms with E-state index in [4.69, 9.17) is 16.3 Å². The molecule has 1 aliphatic heterocycles. The predicted molar refractivity (Wildman–Crippen MR) is 95.2 cm³/mol. The standard InChI is InChI=1S/C18H19ClN4O3/c1-18(2,3)26-17(25)23-7-6-11-12(15(23)24)10-5-4-9-8-20-16(19)22-13(9)14(10)21-11/h8,21H,4-7H2,1-3H3. The lowest BCUT2D eigenvalue weighted by atomic mass is 9.91. The Kier molecular flexibility index (Phi) is 3.80. The normalized spacial score (nSPS) is 16.0. The SMILES string of the molecule is CC(C)(C)OC(=O)N1CCc2[nH]c3c(c2C1=O)CCc1cnc(Cl)nc1-3. The zero-order valence-electron chi connectivity index (χ0n) is 14.9. The van der Waals surface area contributed by atoms with Crippen molar-refractivity contribution in [3.63, 3.8) is 0 Å². The molecule has 0 fully saturated rings. The van der Waals surface area contributed by atoms with Gasteiger partial charge in [-0.1, -0.05) is 0 Å². The fraction of sp³-hybridized carbons (Fsp3) is 0.444. The first-order valence-corrected chi connectivity index (χ1v) is 8.93. The average molecular weight is 375 g/mol. The van der Waals surface area contributed by atoms with Crippen molar-refractivity contribution in [3.8, 4) is 11.4 Å². The second kappa shape index (κ2) is 5.81. The van der Waals surface area contributed by atoms with Crippen molar-refractivity contribution < 1.29 is 14.3 Å². The van der Waals surface area contributed by atoms with Crippen LogP contribution in [0.3, 0.4) is 0 Å². The van der Waals surface area contributed by atoms with E-state index in [0.29, 0.717) is 18.4 Å². The van der Waals surface area contributed by atoms with E-state index in [1.807, 2.05) is 0 Å². The first kappa shape index (κ1) is 17.0. The Balaban J connectivity index is 1.73. The summed E-state index contributed by atoms with van der Waals surface area (Å²) in [6.07, 6.45) is 3.09. The van der Waals surface area contributed by atoms with Crippen LogP contribution in [-0.2, 0) is 24.0 Å². The van der Waals surface area contributed by atoms with Gasteiger partial charge in [0.1, 0.15) is 5.60 Å². The van der Waals surface area contributed by atoms with E-state index in [1.165, 1.54) is 4.90 Å². The van der Waals surface area contributed by atoms with Gasteiger partial charge in [0, 0.05) is 24.9 Å². The minimum atomic E-state index is -0.651. The summed E-state index contributed by atoms with van der Waals surface area (Å²) < 4.78 is 5.37. The Labute approximate surface area is 155 Å². The number of amides is 2. The van der Waals surface area contributed by atoms with Crippen LogP contribution in [0.15, 0.2) is 6.20 Å². The lowest BCUT2D eigenvalue weighted by Crippen LogP contribution is -2.44. The van der Waals surface area contributed by atoms with Crippen molar-refractivity contribution in [2.75, 3.05) is 6.54 Å². The van der Waals surface area contributed by atoms with Crippen molar-refractivity contribution in [3.05, 3.63) is 33.9 Å². The molecule has 2 amide bonds. The summed E-state index contributed by atoms with van der Waals surface area (Å²) in [4.78, 5) is 38.3. The van der Waals surface area contributed by atoms with Gasteiger partial charge in [-0.2, -0.15) is 0 Å². The smallest absolute Gasteiger partial charge is 0.417 e. The second-order valence-electron chi connectivity index (χ2n) is 7.53. The van der Waals surface area contributed by atoms with E-state index in [1.54, 1.807) is 27.0 Å². The fourth-order valence-electron chi connectivity index (χ4n) is 3.49. The average Bonchev–Trinajstić information content (AvgIpc) is 2.93. The molecule has 2 aromatic rings. The molecule has 2 aliphatic rings. The van der Waals surface area contributed by atoms with Crippen molar-refractivity contribution in [2.24, 2.45) is 0 Å². The Morgan fingerprint density at radius 1 is 1.31 bits per heavy atom. The molecule has 0 saturated heterocycles. The Bertz CT molecular complexity index is 929. The van der Waals surface area contributed by atoms with Crippen LogP contribution in [0, 0.1) is 0 Å². The van der Waals surface area contributed by atoms with Crippen LogP contribution in [0.1, 0.15) is 48.0 Å². The number of halogens is 1. The third-order valence-electron chi connectivity index (χ3n) is 4.56. The minimum absolute atomic E-state index is 0.172. The summed E-state index contributed by atoms with van der Waals surface area (Å²) in [5.74, 6) is -0.318. The topological polar surface area (TPSA) is 88.2 Å². The van der Waals surface area contributed by atoms with E-state index in [2.05, 4.69) is 15.0 Å². The number of nitrogens with zero attached hydrogens (tertiary/aromatic N) is 3. The van der Waals surface area contributed by atoms with Gasteiger partial charge in [0.2, 0.25) is 5.28 Å². The first-order valence-electron chi connectivity index (χ1n) is 8.55. The van der Waals surface area contributed by atoms with Crippen molar-refractivity contribution in [2.45, 2.75) is 45.6 Å². The summed E-state index contributed by atoms with van der Waals surface area (Å²) in [6.45, 7) is 5.63. The number of aromatic nitrogens is 3. The number of H-pyrrole nitrogens is 1. The van der Waals surface area contributed by atoms with Crippen molar-refractivity contribution >= 4 is 23.6 Å². The summed E-state index contributed by atoms with van der Waals surface area (Å²) >= 11 is 5.95. The second-order valence-corrected chi connectivity index (χ2v) is 7.87. The number of hydrogen-bond acceptors (Lipinski definition) is 5. The molecule has 0 saturated carbocycles. The van der Waals surface area contributed by atoms with Gasteiger partial charge in [-0.05, 0) is 56.3 Å². The Morgan fingerprint density at radius 2 is 2.08 bits per heavy atom. The highest BCUT2D eigenvalue weighted by molar-refractivity contribution is 6.28. The highest BCUT2D eigenvalue weighted by atomic mass is 35.5. The molecule has 3 heterocycles. The van der Waals surface area contributed by atoms with E-state index in [-0.39, 0.29) is 17.7 Å². The largest absolute Gasteiger partial charge is 0.443 e. The lowest BCUT2D eigenvalue weighted by Gasteiger charge is -2.29. The van der Waals surface area contributed by atoms with Gasteiger partial charge in [0.05, 0.1) is 17.0 Å². The minimum Gasteiger partial charge on any atom is -0.443 e. The number of ether oxygens (including phenoxy) is 1. The highest BCUT2D eigenvalue weighted by Crippen LogP contribution is 2.37. The lowest BCUT2D eigenvalue weighted by molar-refractivity contribution is 0.0233. The summed E-state index contributed by atoms with van der Waals surface area (Å²) in [7, 11) is 0. The monoisotopic (exact) mass is 374 g/mol. The summed E-state index contributed by atoms with van der Waals surface area (Å²) in [6, 6.07) is 0. The number of rotatable bonds is 0. The number of carbonyl (C=O) groups excluding carboxylic acids is 2. The molecule has 0 aromatic carbocycles. The quantitative estimate of drug-likeness (QED) is 0.715. The molecule has 1 aliphatic carbocycles. The molecule has 0 bridgehead atoms. The molecule has 26 heavy (non-hydrogen) atoms. The van der Waals surface area contributed by atoms with Crippen LogP contribution >= 0.6 is 11.6 Å². The number of fused-ring (bicyclic) bond motifs is 5. The molecule has 2 aromatic heterocycles. The van der Waals surface area contributed by atoms with Crippen molar-refractivity contribution in [1.82, 2.24) is 19.9 Å². The van der Waals surface area contributed by atoms with E-state index < -0.39 is 11.7 Å². The third kappa shape index (κ3) is 2.76. The molecule has 8 heteroatoms. The van der Waals surface area contributed by atoms with Crippen LogP contribution in [0.5, 0.6) is 0 Å². The van der Waals surface area contributed by atoms with E-state index in [0.717, 1.165) is 34.6 Å². The van der Waals surface area contributed by atoms with Crippen LogP contribution in [0.25, 0.3) is 11.4 Å². The van der Waals surface area contributed by atoms with E-state index >= 15 is 0 Å². The molecule has 0 spiro atoms. The third-order valence-corrected chi connectivity index (χ3v) is 4.74. The number of carbonyl (C=O) groups is 2. The number of hydrogen-bond donors (Lipinski definition) is 1. The zero-order valence-corrected chi connectivity index (χ0v) is 15.6. The number of aryl methyl sites for hydroxylation is 1. The molecule has 1 N–H and O–H groups in total. The first-order chi connectivity index (χ1) is 12.2. The van der Waals surface area contributed by atoms with Crippen LogP contribution in [-0.4, -0.2) is 44.0 Å². The van der Waals surface area contributed by atoms with E-state index in [9.17, 15) is 9.59 Å². The number of nitrogens with one attached hydrogen (secondary N) is 1. The molecule has 0 radical (unpaired) electrons. The maximum atomic E-state index is 13.0. The molecular weight excluding hydrogens is 356 g/mol. The number of imide groups is 1. The maximum Gasteiger partial charge on any atom is 0.417 e. The van der Waals surface area contributed by atoms with Crippen LogP contribution in [0.4, 0.5) is 4.79 Å². The van der Waals surface area contributed by atoms with Crippen molar-refractivity contribution in [1.29, 1.82) is 0 Å². The molecule has 0 atom stereocenters. The maximum absolute atomic E-state index is 13.0.